The molecule has 0 aromatic rings. The third kappa shape index (κ3) is 5.83. The molecule has 4 heteroatoms. The van der Waals surface area contributed by atoms with E-state index in [-0.39, 0.29) is 17.1 Å². The van der Waals surface area contributed by atoms with E-state index in [2.05, 4.69) is 0 Å². The number of aliphatic carboxylic acids is 1. The van der Waals surface area contributed by atoms with E-state index in [1.165, 1.54) is 0 Å². The molecule has 56 valence electrons. The average Bonchev–Trinajstić information content (AvgIpc) is 1.67. The molecule has 1 atom stereocenters. The van der Waals surface area contributed by atoms with Crippen LogP contribution < -0.4 is 0 Å². The third-order valence-electron chi connectivity index (χ3n) is 0.847. The molecule has 0 saturated carbocycles. The number of hydrogen-bond donors (Lipinski definition) is 2. The number of carboxylic acids is 1. The van der Waals surface area contributed by atoms with Gasteiger partial charge in [-0.2, -0.15) is 0 Å². The van der Waals surface area contributed by atoms with Crippen molar-refractivity contribution in [2.24, 2.45) is 0 Å². The summed E-state index contributed by atoms with van der Waals surface area (Å²) in [5.74, 6) is -1.13. The Morgan fingerprint density at radius 3 is 2.22 bits per heavy atom. The summed E-state index contributed by atoms with van der Waals surface area (Å²) in [5.41, 5.74) is 0. The fourth-order valence-electron chi connectivity index (χ4n) is 0.397. The number of aliphatic hydroxyl groups is 1. The molecule has 0 aliphatic heterocycles. The van der Waals surface area contributed by atoms with Crippen molar-refractivity contribution in [1.82, 2.24) is 0 Å². The van der Waals surface area contributed by atoms with Gasteiger partial charge in [-0.25, -0.2) is 4.79 Å². The second kappa shape index (κ2) is 6.08. The maximum atomic E-state index is 9.84. The molecule has 9 heavy (non-hydrogen) atoms. The first kappa shape index (κ1) is 11.7. The predicted octanol–water partition coefficient (Wildman–Crippen LogP) is -0.684. The van der Waals surface area contributed by atoms with Crippen LogP contribution in [0.4, 0.5) is 0 Å². The zero-order chi connectivity index (χ0) is 6.57. The molecule has 0 rings (SSSR count). The molecule has 0 aliphatic carbocycles. The Hall–Kier alpha value is -0.0505. The molecule has 2 N–H and O–H groups in total. The van der Waals surface area contributed by atoms with Crippen molar-refractivity contribution in [2.75, 3.05) is 0 Å². The topological polar surface area (TPSA) is 57.5 Å². The number of aliphatic hydroxyl groups excluding tert-OH is 1. The van der Waals surface area contributed by atoms with Crippen LogP contribution in [0, 0.1) is 0 Å². The third-order valence-corrected chi connectivity index (χ3v) is 0.847. The Kier molecular flexibility index (Phi) is 7.90. The minimum atomic E-state index is -1.17. The molecule has 0 aromatic heterocycles. The van der Waals surface area contributed by atoms with Crippen LogP contribution in [0.1, 0.15) is 19.8 Å². The van der Waals surface area contributed by atoms with Gasteiger partial charge in [0.25, 0.3) is 0 Å². The van der Waals surface area contributed by atoms with Gasteiger partial charge in [-0.1, -0.05) is 13.3 Å². The molecule has 0 fully saturated rings. The van der Waals surface area contributed by atoms with Gasteiger partial charge in [-0.05, 0) is 6.42 Å². The Balaban J connectivity index is 0. The van der Waals surface area contributed by atoms with Crippen molar-refractivity contribution >= 4 is 23.0 Å². The summed E-state index contributed by atoms with van der Waals surface area (Å²) in [6.45, 7) is 1.83. The van der Waals surface area contributed by atoms with Crippen molar-refractivity contribution in [3.8, 4) is 0 Å². The molecule has 0 bridgehead atoms. The first-order valence-electron chi connectivity index (χ1n) is 2.59. The molecule has 0 unspecified atom stereocenters. The van der Waals surface area contributed by atoms with Gasteiger partial charge in [0.15, 0.2) is 6.10 Å². The predicted molar refractivity (Wildman–Crippen MR) is 37.1 cm³/mol. The van der Waals surface area contributed by atoms with E-state index in [0.29, 0.717) is 12.8 Å². The van der Waals surface area contributed by atoms with Gasteiger partial charge in [0.05, 0.1) is 0 Å². The monoisotopic (exact) mass is 200 g/mol. The van der Waals surface area contributed by atoms with E-state index in [4.69, 9.17) is 10.2 Å². The zero-order valence-electron chi connectivity index (χ0n) is 5.29. The Morgan fingerprint density at radius 2 is 2.11 bits per heavy atom. The fourth-order valence-corrected chi connectivity index (χ4v) is 0.397. The van der Waals surface area contributed by atoms with Gasteiger partial charge < -0.3 is 10.2 Å². The summed E-state index contributed by atoms with van der Waals surface area (Å²) in [6.07, 6.45) is -0.122. The molecule has 0 saturated heterocycles. The molecule has 0 aromatic carbocycles. The first-order chi connectivity index (χ1) is 3.68. The standard InChI is InChI=1S/C5H10O3.H2Se/c1-2-3-4(6)5(7)8;/h4,6H,2-3H2,1H3,(H,7,8);1H2/t4-;/m1./s1. The van der Waals surface area contributed by atoms with E-state index in [0.717, 1.165) is 0 Å². The summed E-state index contributed by atoms with van der Waals surface area (Å²) < 4.78 is 0. The summed E-state index contributed by atoms with van der Waals surface area (Å²) in [7, 11) is 0. The molecular weight excluding hydrogens is 187 g/mol. The van der Waals surface area contributed by atoms with E-state index < -0.39 is 12.1 Å². The van der Waals surface area contributed by atoms with Crippen molar-refractivity contribution in [3.63, 3.8) is 0 Å². The Morgan fingerprint density at radius 1 is 1.67 bits per heavy atom. The van der Waals surface area contributed by atoms with E-state index in [1.807, 2.05) is 6.92 Å². The average molecular weight is 199 g/mol. The van der Waals surface area contributed by atoms with Crippen molar-refractivity contribution in [3.05, 3.63) is 0 Å². The summed E-state index contributed by atoms with van der Waals surface area (Å²) in [5, 5.41) is 16.6. The van der Waals surface area contributed by atoms with Crippen molar-refractivity contribution < 1.29 is 15.0 Å². The van der Waals surface area contributed by atoms with Crippen LogP contribution in [0.5, 0.6) is 0 Å². The Labute approximate surface area is 64.5 Å². The SMILES string of the molecule is CCC[C@@H](O)C(=O)O.[SeH2]. The Bertz CT molecular complexity index is 84.3. The molecule has 0 radical (unpaired) electrons. The van der Waals surface area contributed by atoms with Crippen LogP contribution in [-0.4, -0.2) is 39.4 Å². The van der Waals surface area contributed by atoms with E-state index in [9.17, 15) is 4.79 Å². The number of carboxylic acid groups (broad SMARTS) is 1. The summed E-state index contributed by atoms with van der Waals surface area (Å²) in [4.78, 5) is 9.84. The van der Waals surface area contributed by atoms with Gasteiger partial charge in [0.2, 0.25) is 0 Å². The zero-order valence-corrected chi connectivity index (χ0v) is 7.39. The van der Waals surface area contributed by atoms with Crippen molar-refractivity contribution in [1.29, 1.82) is 0 Å². The molecule has 0 amide bonds. The second-order valence-electron chi connectivity index (χ2n) is 1.64. The molecular formula is C5H12O3Se. The summed E-state index contributed by atoms with van der Waals surface area (Å²) in [6, 6.07) is 0. The second-order valence-corrected chi connectivity index (χ2v) is 1.64. The van der Waals surface area contributed by atoms with Gasteiger partial charge in [0, 0.05) is 0 Å². The molecule has 0 spiro atoms. The normalized spacial score (nSPS) is 11.8. The summed E-state index contributed by atoms with van der Waals surface area (Å²) >= 11 is 0. The van der Waals surface area contributed by atoms with Gasteiger partial charge >= 0.3 is 23.0 Å². The number of carbonyl (C=O) groups is 1. The van der Waals surface area contributed by atoms with Crippen LogP contribution in [0.2, 0.25) is 0 Å². The van der Waals surface area contributed by atoms with E-state index in [1.54, 1.807) is 0 Å². The van der Waals surface area contributed by atoms with Crippen molar-refractivity contribution in [2.45, 2.75) is 25.9 Å². The maximum absolute atomic E-state index is 9.84. The molecule has 0 heterocycles. The van der Waals surface area contributed by atoms with Gasteiger partial charge in [-0.3, -0.25) is 0 Å². The van der Waals surface area contributed by atoms with Gasteiger partial charge in [-0.15, -0.1) is 0 Å². The minimum absolute atomic E-state index is 0. The quantitative estimate of drug-likeness (QED) is 0.592. The first-order valence-corrected chi connectivity index (χ1v) is 2.59. The van der Waals surface area contributed by atoms with Crippen LogP contribution in [0.3, 0.4) is 0 Å². The molecule has 0 aliphatic rings. The van der Waals surface area contributed by atoms with Crippen LogP contribution in [0.15, 0.2) is 0 Å². The number of rotatable bonds is 3. The molecule has 3 nitrogen and oxygen atoms in total. The fraction of sp³-hybridized carbons (Fsp3) is 0.800. The van der Waals surface area contributed by atoms with Crippen LogP contribution in [0.25, 0.3) is 0 Å². The van der Waals surface area contributed by atoms with Gasteiger partial charge in [0.1, 0.15) is 0 Å². The van der Waals surface area contributed by atoms with Crippen LogP contribution in [-0.2, 0) is 4.79 Å². The van der Waals surface area contributed by atoms with E-state index >= 15 is 0 Å². The number of hydrogen-bond acceptors (Lipinski definition) is 2. The van der Waals surface area contributed by atoms with Crippen LogP contribution >= 0.6 is 0 Å².